The summed E-state index contributed by atoms with van der Waals surface area (Å²) in [6, 6.07) is 66.7. The molecule has 0 amide bonds. The van der Waals surface area contributed by atoms with Crippen LogP contribution in [0.25, 0.3) is 109 Å². The maximum absolute atomic E-state index is 5.16. The van der Waals surface area contributed by atoms with Crippen LogP contribution in [0.2, 0.25) is 0 Å². The summed E-state index contributed by atoms with van der Waals surface area (Å²) in [5.74, 6) is 1.96. The predicted molar refractivity (Wildman–Crippen MR) is 238 cm³/mol. The largest absolute Gasteiger partial charge is 0.309 e. The van der Waals surface area contributed by atoms with E-state index >= 15 is 0 Å². The molecule has 0 radical (unpaired) electrons. The summed E-state index contributed by atoms with van der Waals surface area (Å²) in [6.07, 6.45) is 0. The highest BCUT2D eigenvalue weighted by molar-refractivity contribution is 7.26. The Balaban J connectivity index is 0.998. The Labute approximate surface area is 331 Å². The van der Waals surface area contributed by atoms with Gasteiger partial charge in [0.25, 0.3) is 0 Å². The molecule has 12 aromatic rings. The Kier molecular flexibility index (Phi) is 7.03. The van der Waals surface area contributed by atoms with Gasteiger partial charge in [0.15, 0.2) is 17.5 Å². The second-order valence-corrected chi connectivity index (χ2v) is 15.5. The topological polar surface area (TPSA) is 48.5 Å². The van der Waals surface area contributed by atoms with Crippen LogP contribution in [0.4, 0.5) is 0 Å². The van der Waals surface area contributed by atoms with Gasteiger partial charge in [0.05, 0.1) is 22.1 Å². The fourth-order valence-corrected chi connectivity index (χ4v) is 9.82. The molecular formula is C51H31N5S. The summed E-state index contributed by atoms with van der Waals surface area (Å²) in [6.45, 7) is 0. The maximum atomic E-state index is 5.16. The molecule has 0 N–H and O–H groups in total. The van der Waals surface area contributed by atoms with Gasteiger partial charge in [-0.25, -0.2) is 15.0 Å². The highest BCUT2D eigenvalue weighted by atomic mass is 32.1. The van der Waals surface area contributed by atoms with Gasteiger partial charge in [-0.3, -0.25) is 0 Å². The van der Waals surface area contributed by atoms with Gasteiger partial charge in [0, 0.05) is 69.8 Å². The maximum Gasteiger partial charge on any atom is 0.165 e. The average Bonchev–Trinajstić information content (AvgIpc) is 3.94. The van der Waals surface area contributed by atoms with Gasteiger partial charge in [-0.05, 0) is 72.8 Å². The highest BCUT2D eigenvalue weighted by Gasteiger charge is 2.19. The zero-order valence-corrected chi connectivity index (χ0v) is 31.4. The third kappa shape index (κ3) is 4.98. The number of hydrogen-bond donors (Lipinski definition) is 0. The Morgan fingerprint density at radius 3 is 1.51 bits per heavy atom. The molecule has 0 spiro atoms. The quantitative estimate of drug-likeness (QED) is 0.176. The second kappa shape index (κ2) is 12.6. The minimum atomic E-state index is 0.640. The van der Waals surface area contributed by atoms with Crippen LogP contribution in [-0.4, -0.2) is 24.1 Å². The second-order valence-electron chi connectivity index (χ2n) is 14.4. The van der Waals surface area contributed by atoms with Gasteiger partial charge in [-0.15, -0.1) is 11.3 Å². The van der Waals surface area contributed by atoms with E-state index in [1.807, 2.05) is 18.2 Å². The first kappa shape index (κ1) is 31.9. The van der Waals surface area contributed by atoms with Crippen molar-refractivity contribution in [2.75, 3.05) is 0 Å². The van der Waals surface area contributed by atoms with Crippen LogP contribution in [0.15, 0.2) is 188 Å². The molecule has 0 bridgehead atoms. The van der Waals surface area contributed by atoms with Crippen LogP contribution in [0.1, 0.15) is 0 Å². The summed E-state index contributed by atoms with van der Waals surface area (Å²) in [4.78, 5) is 15.3. The lowest BCUT2D eigenvalue weighted by Gasteiger charge is -2.12. The predicted octanol–water partition coefficient (Wildman–Crippen LogP) is 13.4. The van der Waals surface area contributed by atoms with Crippen molar-refractivity contribution in [1.82, 2.24) is 24.1 Å². The molecule has 0 saturated heterocycles. The summed E-state index contributed by atoms with van der Waals surface area (Å²) in [7, 11) is 0. The Morgan fingerprint density at radius 1 is 0.333 bits per heavy atom. The molecule has 12 rings (SSSR count). The Hall–Kier alpha value is -7.41. The lowest BCUT2D eigenvalue weighted by molar-refractivity contribution is 1.08. The molecule has 0 fully saturated rings. The number of rotatable bonds is 5. The number of hydrogen-bond acceptors (Lipinski definition) is 4. The van der Waals surface area contributed by atoms with Gasteiger partial charge in [-0.1, -0.05) is 115 Å². The van der Waals surface area contributed by atoms with Crippen LogP contribution >= 0.6 is 11.3 Å². The number of para-hydroxylation sites is 3. The number of thiophene rings is 1. The van der Waals surface area contributed by atoms with Gasteiger partial charge in [-0.2, -0.15) is 0 Å². The molecule has 0 aliphatic heterocycles. The zero-order valence-electron chi connectivity index (χ0n) is 30.5. The zero-order chi connectivity index (χ0) is 37.5. The van der Waals surface area contributed by atoms with E-state index < -0.39 is 0 Å². The Morgan fingerprint density at radius 2 is 0.825 bits per heavy atom. The van der Waals surface area contributed by atoms with Gasteiger partial charge in [0.2, 0.25) is 0 Å². The van der Waals surface area contributed by atoms with Crippen molar-refractivity contribution in [2.45, 2.75) is 0 Å². The molecule has 4 heterocycles. The van der Waals surface area contributed by atoms with Crippen LogP contribution < -0.4 is 0 Å². The van der Waals surface area contributed by atoms with Crippen LogP contribution in [0, 0.1) is 0 Å². The van der Waals surface area contributed by atoms with Crippen molar-refractivity contribution in [3.05, 3.63) is 188 Å². The summed E-state index contributed by atoms with van der Waals surface area (Å²) in [5, 5.41) is 7.40. The summed E-state index contributed by atoms with van der Waals surface area (Å²) in [5.41, 5.74) is 9.82. The van der Waals surface area contributed by atoms with Crippen molar-refractivity contribution in [3.8, 4) is 45.5 Å². The lowest BCUT2D eigenvalue weighted by Crippen LogP contribution is -2.00. The molecule has 57 heavy (non-hydrogen) atoms. The molecule has 0 aliphatic rings. The van der Waals surface area contributed by atoms with Crippen LogP contribution in [-0.2, 0) is 0 Å². The van der Waals surface area contributed by atoms with E-state index in [-0.39, 0.29) is 0 Å². The first-order valence-corrected chi connectivity index (χ1v) is 19.9. The molecular weight excluding hydrogens is 715 g/mol. The van der Waals surface area contributed by atoms with E-state index in [0.29, 0.717) is 17.5 Å². The first-order chi connectivity index (χ1) is 28.3. The molecule has 0 aliphatic carbocycles. The van der Waals surface area contributed by atoms with Crippen LogP contribution in [0.5, 0.6) is 0 Å². The molecule has 8 aromatic carbocycles. The van der Waals surface area contributed by atoms with Gasteiger partial charge >= 0.3 is 0 Å². The third-order valence-electron chi connectivity index (χ3n) is 11.2. The van der Waals surface area contributed by atoms with Crippen molar-refractivity contribution >= 4 is 75.1 Å². The monoisotopic (exact) mass is 745 g/mol. The van der Waals surface area contributed by atoms with Crippen molar-refractivity contribution in [3.63, 3.8) is 0 Å². The number of benzene rings is 8. The highest BCUT2D eigenvalue weighted by Crippen LogP contribution is 2.40. The van der Waals surface area contributed by atoms with Gasteiger partial charge in [0.1, 0.15) is 0 Å². The molecule has 0 unspecified atom stereocenters. The molecule has 6 heteroatoms. The Bertz CT molecular complexity index is 3470. The molecule has 4 aromatic heterocycles. The number of fused-ring (bicyclic) bond motifs is 9. The van der Waals surface area contributed by atoms with Crippen LogP contribution in [0.3, 0.4) is 0 Å². The smallest absolute Gasteiger partial charge is 0.165 e. The van der Waals surface area contributed by atoms with E-state index in [2.05, 4.69) is 179 Å². The van der Waals surface area contributed by atoms with E-state index in [1.165, 1.54) is 52.8 Å². The van der Waals surface area contributed by atoms with Crippen molar-refractivity contribution in [2.24, 2.45) is 0 Å². The minimum Gasteiger partial charge on any atom is -0.309 e. The fraction of sp³-hybridized carbons (Fsp3) is 0. The molecule has 0 atom stereocenters. The standard InChI is InChI=1S/C51H31N5S/c1-2-13-32(14-3-1)49-52-50(54-51(53-49)41-20-12-19-40-39-18-7-11-24-47(39)57-48(40)41)33-25-27-34(28-26-33)55-45-23-10-6-17-38(45)42-31-35(29-30-46(42)55)56-43-21-8-4-15-36(43)37-16-5-9-22-44(37)56/h1-31H. The molecule has 266 valence electrons. The van der Waals surface area contributed by atoms with Crippen molar-refractivity contribution < 1.29 is 0 Å². The van der Waals surface area contributed by atoms with E-state index in [9.17, 15) is 0 Å². The molecule has 5 nitrogen and oxygen atoms in total. The molecule has 0 saturated carbocycles. The summed E-state index contributed by atoms with van der Waals surface area (Å²) >= 11 is 1.78. The minimum absolute atomic E-state index is 0.640. The van der Waals surface area contributed by atoms with Gasteiger partial charge < -0.3 is 9.13 Å². The normalized spacial score (nSPS) is 11.9. The van der Waals surface area contributed by atoms with Crippen molar-refractivity contribution in [1.29, 1.82) is 0 Å². The SMILES string of the molecule is c1ccc(-c2nc(-c3ccc(-n4c5ccccc5c5cc(-n6c7ccccc7c7ccccc76)ccc54)cc3)nc(-c3cccc4c3sc3ccccc34)n2)cc1. The number of aromatic nitrogens is 5. The average molecular weight is 746 g/mol. The summed E-state index contributed by atoms with van der Waals surface area (Å²) < 4.78 is 7.18. The lowest BCUT2D eigenvalue weighted by atomic mass is 10.1. The van der Waals surface area contributed by atoms with E-state index in [0.717, 1.165) is 39.1 Å². The fourth-order valence-electron chi connectivity index (χ4n) is 8.60. The first-order valence-electron chi connectivity index (χ1n) is 19.1. The van der Waals surface area contributed by atoms with E-state index in [1.54, 1.807) is 11.3 Å². The number of nitrogens with zero attached hydrogens (tertiary/aromatic N) is 5. The van der Waals surface area contributed by atoms with E-state index in [4.69, 9.17) is 15.0 Å². The third-order valence-corrected chi connectivity index (χ3v) is 12.4.